The van der Waals surface area contributed by atoms with Crippen LogP contribution >= 0.6 is 0 Å². The van der Waals surface area contributed by atoms with Crippen LogP contribution in [0.5, 0.6) is 5.75 Å². The Bertz CT molecular complexity index is 639. The van der Waals surface area contributed by atoms with E-state index in [1.54, 1.807) is 0 Å². The summed E-state index contributed by atoms with van der Waals surface area (Å²) >= 11 is 0. The van der Waals surface area contributed by atoms with Crippen molar-refractivity contribution in [1.82, 2.24) is 9.78 Å². The zero-order valence-corrected chi connectivity index (χ0v) is 10.4. The lowest BCUT2D eigenvalue weighted by Crippen LogP contribution is -2.24. The number of aryl methyl sites for hydroxylation is 1. The molecule has 0 fully saturated rings. The fourth-order valence-corrected chi connectivity index (χ4v) is 2.58. The molecule has 18 heavy (non-hydrogen) atoms. The van der Waals surface area contributed by atoms with Gasteiger partial charge in [-0.25, -0.2) is 0 Å². The van der Waals surface area contributed by atoms with Crippen molar-refractivity contribution in [2.45, 2.75) is 32.4 Å². The van der Waals surface area contributed by atoms with Crippen molar-refractivity contribution < 1.29 is 4.74 Å². The Morgan fingerprint density at radius 2 is 2.39 bits per heavy atom. The van der Waals surface area contributed by atoms with Gasteiger partial charge in [0.1, 0.15) is 5.75 Å². The van der Waals surface area contributed by atoms with Gasteiger partial charge in [-0.15, -0.1) is 0 Å². The fraction of sp³-hybridized carbons (Fsp3) is 0.462. The Kier molecular flexibility index (Phi) is 2.63. The highest BCUT2D eigenvalue weighted by Gasteiger charge is 2.18. The maximum atomic E-state index is 11.9. The quantitative estimate of drug-likeness (QED) is 0.831. The molecule has 1 aliphatic rings. The number of hydrogen-bond acceptors (Lipinski definition) is 3. The molecule has 3 rings (SSSR count). The normalized spacial score (nSPS) is 16.3. The van der Waals surface area contributed by atoms with E-state index in [-0.39, 0.29) is 11.6 Å². The van der Waals surface area contributed by atoms with Crippen LogP contribution in [0.4, 0.5) is 0 Å². The van der Waals surface area contributed by atoms with Crippen molar-refractivity contribution in [3.63, 3.8) is 0 Å². The molecule has 0 saturated carbocycles. The average Bonchev–Trinajstić information content (AvgIpc) is 2.66. The Balaban J connectivity index is 2.27. The average molecular weight is 247 g/mol. The number of fused-ring (bicyclic) bond motifs is 3. The highest BCUT2D eigenvalue weighted by atomic mass is 16.5. The SMILES string of the molecule is C[C@H](N)Cn1[nH]c(=O)c2ccc3c(c21)CCCO3. The summed E-state index contributed by atoms with van der Waals surface area (Å²) in [7, 11) is 0. The van der Waals surface area contributed by atoms with Gasteiger partial charge in [-0.1, -0.05) is 0 Å². The molecule has 0 radical (unpaired) electrons. The Labute approximate surface area is 105 Å². The molecule has 5 heteroatoms. The minimum Gasteiger partial charge on any atom is -0.493 e. The predicted molar refractivity (Wildman–Crippen MR) is 70.0 cm³/mol. The molecule has 0 amide bonds. The Hall–Kier alpha value is -1.75. The highest BCUT2D eigenvalue weighted by Crippen LogP contribution is 2.30. The topological polar surface area (TPSA) is 73.0 Å². The largest absolute Gasteiger partial charge is 0.493 e. The summed E-state index contributed by atoms with van der Waals surface area (Å²) in [6, 6.07) is 3.72. The zero-order chi connectivity index (χ0) is 12.7. The summed E-state index contributed by atoms with van der Waals surface area (Å²) in [5.74, 6) is 0.895. The molecule has 0 aliphatic carbocycles. The minimum atomic E-state index is -0.0565. The molecule has 2 heterocycles. The first-order valence-electron chi connectivity index (χ1n) is 6.29. The Morgan fingerprint density at radius 3 is 3.17 bits per heavy atom. The van der Waals surface area contributed by atoms with E-state index < -0.39 is 0 Å². The number of hydrogen-bond donors (Lipinski definition) is 2. The summed E-state index contributed by atoms with van der Waals surface area (Å²) < 4.78 is 7.50. The van der Waals surface area contributed by atoms with Crippen LogP contribution in [-0.4, -0.2) is 22.4 Å². The van der Waals surface area contributed by atoms with Gasteiger partial charge in [0.25, 0.3) is 5.56 Å². The van der Waals surface area contributed by atoms with Crippen LogP contribution in [0.1, 0.15) is 18.9 Å². The highest BCUT2D eigenvalue weighted by molar-refractivity contribution is 5.84. The first kappa shape index (κ1) is 11.3. The molecule has 96 valence electrons. The fourth-order valence-electron chi connectivity index (χ4n) is 2.58. The van der Waals surface area contributed by atoms with Crippen LogP contribution in [-0.2, 0) is 13.0 Å². The van der Waals surface area contributed by atoms with Crippen LogP contribution in [0, 0.1) is 0 Å². The van der Waals surface area contributed by atoms with Crippen molar-refractivity contribution >= 4 is 10.9 Å². The molecule has 1 atom stereocenters. The number of aromatic nitrogens is 2. The van der Waals surface area contributed by atoms with E-state index in [2.05, 4.69) is 5.10 Å². The number of nitrogens with one attached hydrogen (secondary N) is 1. The van der Waals surface area contributed by atoms with E-state index in [9.17, 15) is 4.79 Å². The van der Waals surface area contributed by atoms with Crippen molar-refractivity contribution in [3.8, 4) is 5.75 Å². The second kappa shape index (κ2) is 4.17. The molecule has 0 unspecified atom stereocenters. The maximum absolute atomic E-state index is 11.9. The second-order valence-corrected chi connectivity index (χ2v) is 4.92. The molecular weight excluding hydrogens is 230 g/mol. The summed E-state index contributed by atoms with van der Waals surface area (Å²) in [4.78, 5) is 11.9. The second-order valence-electron chi connectivity index (χ2n) is 4.92. The van der Waals surface area contributed by atoms with Crippen LogP contribution in [0.15, 0.2) is 16.9 Å². The van der Waals surface area contributed by atoms with Crippen LogP contribution in [0.25, 0.3) is 10.9 Å². The first-order chi connectivity index (χ1) is 8.66. The minimum absolute atomic E-state index is 0.00313. The third-order valence-corrected chi connectivity index (χ3v) is 3.29. The molecule has 1 aromatic carbocycles. The van der Waals surface area contributed by atoms with E-state index in [0.29, 0.717) is 6.54 Å². The molecular formula is C13H17N3O2. The number of aromatic amines is 1. The van der Waals surface area contributed by atoms with Gasteiger partial charge < -0.3 is 10.5 Å². The van der Waals surface area contributed by atoms with Crippen LogP contribution < -0.4 is 16.0 Å². The lowest BCUT2D eigenvalue weighted by molar-refractivity contribution is 0.289. The summed E-state index contributed by atoms with van der Waals surface area (Å²) in [6.45, 7) is 3.28. The van der Waals surface area contributed by atoms with E-state index in [4.69, 9.17) is 10.5 Å². The summed E-state index contributed by atoms with van der Waals surface area (Å²) in [6.07, 6.45) is 1.94. The van der Waals surface area contributed by atoms with E-state index >= 15 is 0 Å². The van der Waals surface area contributed by atoms with Gasteiger partial charge in [-0.3, -0.25) is 14.6 Å². The third kappa shape index (κ3) is 1.71. The van der Waals surface area contributed by atoms with Crippen molar-refractivity contribution in [2.24, 2.45) is 5.73 Å². The van der Waals surface area contributed by atoms with Gasteiger partial charge in [0.2, 0.25) is 0 Å². The lowest BCUT2D eigenvalue weighted by Gasteiger charge is -2.19. The van der Waals surface area contributed by atoms with Crippen molar-refractivity contribution in [2.75, 3.05) is 6.61 Å². The summed E-state index contributed by atoms with van der Waals surface area (Å²) in [5, 5.41) is 3.58. The molecule has 2 aromatic rings. The number of benzene rings is 1. The van der Waals surface area contributed by atoms with Crippen molar-refractivity contribution in [1.29, 1.82) is 0 Å². The molecule has 5 nitrogen and oxygen atoms in total. The number of nitrogens with two attached hydrogens (primary N) is 1. The predicted octanol–water partition coefficient (Wildman–Crippen LogP) is 1.00. The Morgan fingerprint density at radius 1 is 1.56 bits per heavy atom. The molecule has 0 saturated heterocycles. The van der Waals surface area contributed by atoms with Gasteiger partial charge in [-0.2, -0.15) is 0 Å². The smallest absolute Gasteiger partial charge is 0.271 e. The molecule has 1 aliphatic heterocycles. The molecule has 1 aromatic heterocycles. The van der Waals surface area contributed by atoms with Gasteiger partial charge in [-0.05, 0) is 31.9 Å². The third-order valence-electron chi connectivity index (χ3n) is 3.29. The standard InChI is InChI=1S/C13H17N3O2/c1-8(14)7-16-12-9-3-2-6-18-11(9)5-4-10(12)13(17)15-16/h4-5,8H,2-3,6-7,14H2,1H3,(H,15,17)/t8-/m0/s1. The van der Waals surface area contributed by atoms with E-state index in [1.807, 2.05) is 23.7 Å². The molecule has 0 bridgehead atoms. The van der Waals surface area contributed by atoms with Gasteiger partial charge in [0, 0.05) is 11.6 Å². The van der Waals surface area contributed by atoms with E-state index in [0.717, 1.165) is 41.7 Å². The molecule has 3 N–H and O–H groups in total. The molecule has 0 spiro atoms. The van der Waals surface area contributed by atoms with Crippen LogP contribution in [0.2, 0.25) is 0 Å². The monoisotopic (exact) mass is 247 g/mol. The van der Waals surface area contributed by atoms with Crippen molar-refractivity contribution in [3.05, 3.63) is 28.0 Å². The van der Waals surface area contributed by atoms with Gasteiger partial charge in [0.15, 0.2) is 0 Å². The number of H-pyrrole nitrogens is 1. The van der Waals surface area contributed by atoms with Gasteiger partial charge >= 0.3 is 0 Å². The maximum Gasteiger partial charge on any atom is 0.271 e. The van der Waals surface area contributed by atoms with E-state index in [1.165, 1.54) is 0 Å². The lowest BCUT2D eigenvalue weighted by atomic mass is 10.0. The number of nitrogens with zero attached hydrogens (tertiary/aromatic N) is 1. The summed E-state index contributed by atoms with van der Waals surface area (Å²) in [5.41, 5.74) is 7.85. The van der Waals surface area contributed by atoms with Gasteiger partial charge in [0.05, 0.1) is 24.1 Å². The number of ether oxygens (including phenoxy) is 1. The first-order valence-corrected chi connectivity index (χ1v) is 6.29. The van der Waals surface area contributed by atoms with Crippen LogP contribution in [0.3, 0.4) is 0 Å². The number of rotatable bonds is 2. The zero-order valence-electron chi connectivity index (χ0n) is 10.4.